The highest BCUT2D eigenvalue weighted by Crippen LogP contribution is 2.38. The van der Waals surface area contributed by atoms with E-state index in [9.17, 15) is 14.0 Å². The van der Waals surface area contributed by atoms with Crippen molar-refractivity contribution >= 4 is 23.3 Å². The Labute approximate surface area is 217 Å². The highest BCUT2D eigenvalue weighted by atomic mass is 19.1. The lowest BCUT2D eigenvalue weighted by Crippen LogP contribution is -2.55. The second kappa shape index (κ2) is 12.0. The minimum Gasteiger partial charge on any atom is -0.343 e. The van der Waals surface area contributed by atoms with Crippen LogP contribution in [0.2, 0.25) is 0 Å². The van der Waals surface area contributed by atoms with E-state index in [1.807, 2.05) is 0 Å². The van der Waals surface area contributed by atoms with E-state index in [0.717, 1.165) is 38.5 Å². The van der Waals surface area contributed by atoms with Crippen LogP contribution in [-0.4, -0.2) is 54.4 Å². The molecule has 2 aliphatic rings. The molecule has 200 valence electrons. The molecule has 2 amide bonds. The van der Waals surface area contributed by atoms with Crippen LogP contribution < -0.4 is 15.5 Å². The topological polar surface area (TPSA) is 77.6 Å². The van der Waals surface area contributed by atoms with Gasteiger partial charge in [0.25, 0.3) is 0 Å². The molecule has 2 aromatic rings. The van der Waals surface area contributed by atoms with E-state index < -0.39 is 23.9 Å². The van der Waals surface area contributed by atoms with E-state index in [1.54, 1.807) is 55.2 Å². The number of likely N-dealkylation sites (tertiary alicyclic amines) is 1. The molecule has 1 saturated carbocycles. The molecule has 4 rings (SSSR count). The largest absolute Gasteiger partial charge is 0.343 e. The Morgan fingerprint density at radius 3 is 2.43 bits per heavy atom. The van der Waals surface area contributed by atoms with Crippen LogP contribution in [0.15, 0.2) is 36.5 Å². The van der Waals surface area contributed by atoms with Gasteiger partial charge >= 0.3 is 0 Å². The van der Waals surface area contributed by atoms with Gasteiger partial charge in [0.15, 0.2) is 11.6 Å². The fourth-order valence-corrected chi connectivity index (χ4v) is 5.52. The van der Waals surface area contributed by atoms with E-state index in [4.69, 9.17) is 0 Å². The van der Waals surface area contributed by atoms with Crippen molar-refractivity contribution in [2.75, 3.05) is 25.5 Å². The van der Waals surface area contributed by atoms with Crippen molar-refractivity contribution in [2.45, 2.75) is 70.0 Å². The summed E-state index contributed by atoms with van der Waals surface area (Å²) in [5.41, 5.74) is 1.00. The molecule has 2 unspecified atom stereocenters. The van der Waals surface area contributed by atoms with Crippen molar-refractivity contribution in [3.63, 3.8) is 0 Å². The monoisotopic (exact) mass is 513 g/mol. The highest BCUT2D eigenvalue weighted by Gasteiger charge is 2.40. The fraction of sp³-hybridized carbons (Fsp3) is 0.536. The second-order valence-corrected chi connectivity index (χ2v) is 10.2. The minimum atomic E-state index is -0.629. The number of benzene rings is 1. The average Bonchev–Trinajstić information content (AvgIpc) is 3.41. The van der Waals surface area contributed by atoms with Crippen molar-refractivity contribution in [1.29, 1.82) is 0 Å². The van der Waals surface area contributed by atoms with Crippen LogP contribution in [-0.2, 0) is 9.59 Å². The molecular weight excluding hydrogens is 476 g/mol. The summed E-state index contributed by atoms with van der Waals surface area (Å²) in [5, 5.41) is 5.96. The normalized spacial score (nSPS) is 19.9. The van der Waals surface area contributed by atoms with E-state index in [2.05, 4.69) is 15.6 Å². The summed E-state index contributed by atoms with van der Waals surface area (Å²) in [6.45, 7) is 2.27. The first-order chi connectivity index (χ1) is 17.8. The third-order valence-electron chi connectivity index (χ3n) is 7.84. The molecule has 1 aromatic carbocycles. The van der Waals surface area contributed by atoms with Crippen LogP contribution in [0.1, 0.15) is 63.5 Å². The summed E-state index contributed by atoms with van der Waals surface area (Å²) in [6, 6.07) is 5.91. The van der Waals surface area contributed by atoms with Crippen LogP contribution in [0.25, 0.3) is 0 Å². The molecule has 1 aliphatic carbocycles. The van der Waals surface area contributed by atoms with Crippen molar-refractivity contribution in [3.05, 3.63) is 53.7 Å². The lowest BCUT2D eigenvalue weighted by Gasteiger charge is -2.35. The number of halogens is 2. The van der Waals surface area contributed by atoms with Crippen molar-refractivity contribution in [1.82, 2.24) is 20.5 Å². The van der Waals surface area contributed by atoms with Gasteiger partial charge in [0, 0.05) is 31.0 Å². The summed E-state index contributed by atoms with van der Waals surface area (Å²) >= 11 is 0. The number of rotatable bonds is 8. The number of nitrogens with zero attached hydrogens (tertiary/aromatic N) is 3. The van der Waals surface area contributed by atoms with E-state index >= 15 is 4.39 Å². The second-order valence-electron chi connectivity index (χ2n) is 10.2. The molecule has 1 aliphatic heterocycles. The average molecular weight is 514 g/mol. The van der Waals surface area contributed by atoms with Crippen LogP contribution in [0.5, 0.6) is 0 Å². The number of carbonyl (C=O) groups excluding carboxylic acids is 2. The Kier molecular flexibility index (Phi) is 8.74. The molecule has 9 heteroatoms. The molecule has 2 N–H and O–H groups in total. The molecule has 0 spiro atoms. The van der Waals surface area contributed by atoms with Crippen LogP contribution in [0, 0.1) is 17.6 Å². The van der Waals surface area contributed by atoms with Gasteiger partial charge in [0.2, 0.25) is 11.8 Å². The molecule has 2 fully saturated rings. The van der Waals surface area contributed by atoms with Crippen LogP contribution >= 0.6 is 0 Å². The van der Waals surface area contributed by atoms with Gasteiger partial charge in [-0.05, 0) is 75.9 Å². The first-order valence-electron chi connectivity index (χ1n) is 13.2. The van der Waals surface area contributed by atoms with E-state index in [-0.39, 0.29) is 29.4 Å². The van der Waals surface area contributed by atoms with E-state index in [0.29, 0.717) is 24.2 Å². The smallest absolute Gasteiger partial charge is 0.245 e. The molecule has 0 radical (unpaired) electrons. The summed E-state index contributed by atoms with van der Waals surface area (Å²) in [4.78, 5) is 34.3. The van der Waals surface area contributed by atoms with Gasteiger partial charge in [-0.15, -0.1) is 0 Å². The quantitative estimate of drug-likeness (QED) is 0.545. The molecule has 3 atom stereocenters. The van der Waals surface area contributed by atoms with Crippen molar-refractivity contribution in [2.24, 2.45) is 5.92 Å². The zero-order valence-corrected chi connectivity index (χ0v) is 21.8. The van der Waals surface area contributed by atoms with Gasteiger partial charge in [-0.1, -0.05) is 19.3 Å². The summed E-state index contributed by atoms with van der Waals surface area (Å²) in [6.07, 6.45) is 7.91. The van der Waals surface area contributed by atoms with Crippen molar-refractivity contribution in [3.8, 4) is 0 Å². The zero-order chi connectivity index (χ0) is 26.5. The summed E-state index contributed by atoms with van der Waals surface area (Å²) < 4.78 is 29.3. The highest BCUT2D eigenvalue weighted by molar-refractivity contribution is 5.90. The maximum atomic E-state index is 15.9. The number of anilines is 2. The zero-order valence-electron chi connectivity index (χ0n) is 21.8. The van der Waals surface area contributed by atoms with Crippen LogP contribution in [0.4, 0.5) is 20.3 Å². The molecule has 2 heterocycles. The molecule has 7 nitrogen and oxygen atoms in total. The predicted octanol–water partition coefficient (Wildman–Crippen LogP) is 4.46. The van der Waals surface area contributed by atoms with Gasteiger partial charge in [-0.2, -0.15) is 0 Å². The first kappa shape index (κ1) is 27.0. The fourth-order valence-electron chi connectivity index (χ4n) is 5.52. The number of hydrogen-bond donors (Lipinski definition) is 2. The third-order valence-corrected chi connectivity index (χ3v) is 7.84. The van der Waals surface area contributed by atoms with Gasteiger partial charge in [-0.3, -0.25) is 9.59 Å². The van der Waals surface area contributed by atoms with Crippen LogP contribution in [0.3, 0.4) is 0 Å². The lowest BCUT2D eigenvalue weighted by molar-refractivity contribution is -0.139. The van der Waals surface area contributed by atoms with Gasteiger partial charge < -0.3 is 20.4 Å². The maximum absolute atomic E-state index is 15.9. The molecule has 1 saturated heterocycles. The Morgan fingerprint density at radius 2 is 1.76 bits per heavy atom. The maximum Gasteiger partial charge on any atom is 0.245 e. The standard InChI is InChI=1S/C28H37F2N5O2/c1-18(31-2)27(36)33-25(19-8-5-4-6-9-19)28(37)35-17-7-10-23(35)22-15-16-32-26(24(22)30)34(3)21-13-11-20(29)12-14-21/h11-16,18-19,23,25,31H,4-10,17H2,1-3H3,(H,33,36)/t18?,23?,25-/m0/s1. The van der Waals surface area contributed by atoms with Crippen molar-refractivity contribution < 1.29 is 18.4 Å². The number of aromatic nitrogens is 1. The molecule has 1 aromatic heterocycles. The number of nitrogens with one attached hydrogen (secondary N) is 2. The number of pyridine rings is 1. The molecule has 0 bridgehead atoms. The summed E-state index contributed by atoms with van der Waals surface area (Å²) in [5.74, 6) is -1.04. The third kappa shape index (κ3) is 5.92. The molecule has 37 heavy (non-hydrogen) atoms. The lowest BCUT2D eigenvalue weighted by atomic mass is 9.83. The Balaban J connectivity index is 1.61. The van der Waals surface area contributed by atoms with Gasteiger partial charge in [-0.25, -0.2) is 13.8 Å². The number of carbonyl (C=O) groups is 2. The SMILES string of the molecule is CNC(C)C(=O)N[C@H](C(=O)N1CCCC1c1ccnc(N(C)c2ccc(F)cc2)c1F)C1CCCCC1. The Bertz CT molecular complexity index is 1090. The summed E-state index contributed by atoms with van der Waals surface area (Å²) in [7, 11) is 3.39. The number of likely N-dealkylation sites (N-methyl/N-ethyl adjacent to an activating group) is 1. The minimum absolute atomic E-state index is 0.0676. The predicted molar refractivity (Wildman–Crippen MR) is 139 cm³/mol. The Hall–Kier alpha value is -3.07. The van der Waals surface area contributed by atoms with Gasteiger partial charge in [0.05, 0.1) is 12.1 Å². The first-order valence-corrected chi connectivity index (χ1v) is 13.2. The molecular formula is C28H37F2N5O2. The van der Waals surface area contributed by atoms with E-state index in [1.165, 1.54) is 12.1 Å². The van der Waals surface area contributed by atoms with Gasteiger partial charge in [0.1, 0.15) is 11.9 Å². The Morgan fingerprint density at radius 1 is 1.05 bits per heavy atom. The number of hydrogen-bond acceptors (Lipinski definition) is 5. The number of amides is 2.